The maximum Gasteiger partial charge on any atom is 0.263 e. The Morgan fingerprint density at radius 3 is 2.52 bits per heavy atom. The lowest BCUT2D eigenvalue weighted by Gasteiger charge is -2.09. The maximum absolute atomic E-state index is 12.9. The zero-order chi connectivity index (χ0) is 16.4. The molecule has 0 aliphatic heterocycles. The fraction of sp³-hybridized carbons (Fsp3) is 0.0714. The van der Waals surface area contributed by atoms with Gasteiger partial charge in [0.25, 0.3) is 10.0 Å². The zero-order valence-electron chi connectivity index (χ0n) is 12.0. The highest BCUT2D eigenvalue weighted by Crippen LogP contribution is 2.16. The molecule has 0 bridgehead atoms. The number of aromatic nitrogens is 4. The molecule has 0 amide bonds. The van der Waals surface area contributed by atoms with Crippen LogP contribution in [0.15, 0.2) is 53.9 Å². The lowest BCUT2D eigenvalue weighted by Crippen LogP contribution is -2.14. The van der Waals surface area contributed by atoms with Crippen LogP contribution >= 0.6 is 0 Å². The average Bonchev–Trinajstić information content (AvgIpc) is 2.94. The maximum atomic E-state index is 12.9. The lowest BCUT2D eigenvalue weighted by atomic mass is 10.4. The Kier molecular flexibility index (Phi) is 3.78. The van der Waals surface area contributed by atoms with Crippen LogP contribution in [0.3, 0.4) is 0 Å². The van der Waals surface area contributed by atoms with Crippen LogP contribution in [0, 0.1) is 12.7 Å². The summed E-state index contributed by atoms with van der Waals surface area (Å²) in [6, 6.07) is 6.00. The fourth-order valence-corrected chi connectivity index (χ4v) is 2.96. The van der Waals surface area contributed by atoms with Gasteiger partial charge >= 0.3 is 0 Å². The highest BCUT2D eigenvalue weighted by Gasteiger charge is 2.15. The predicted octanol–water partition coefficient (Wildman–Crippen LogP) is 1.91. The summed E-state index contributed by atoms with van der Waals surface area (Å²) in [6.07, 6.45) is 4.56. The Hall–Kier alpha value is -2.81. The first kappa shape index (κ1) is 15.1. The minimum Gasteiger partial charge on any atom is -0.288 e. The van der Waals surface area contributed by atoms with E-state index in [1.165, 1.54) is 24.5 Å². The van der Waals surface area contributed by atoms with Gasteiger partial charge in [0.1, 0.15) is 29.6 Å². The molecule has 0 spiro atoms. The molecule has 0 unspecified atom stereocenters. The summed E-state index contributed by atoms with van der Waals surface area (Å²) < 4.78 is 41.5. The number of nitrogens with one attached hydrogen (secondary N) is 1. The van der Waals surface area contributed by atoms with Crippen molar-refractivity contribution in [1.82, 2.24) is 19.5 Å². The Balaban J connectivity index is 1.91. The van der Waals surface area contributed by atoms with Gasteiger partial charge in [-0.1, -0.05) is 0 Å². The molecular weight excluding hydrogens is 321 g/mol. The van der Waals surface area contributed by atoms with E-state index in [0.717, 1.165) is 12.1 Å². The fourth-order valence-electron chi connectivity index (χ4n) is 1.97. The number of anilines is 1. The van der Waals surface area contributed by atoms with Gasteiger partial charge in [-0.25, -0.2) is 27.8 Å². The van der Waals surface area contributed by atoms with Gasteiger partial charge in [0.05, 0.1) is 4.90 Å². The van der Waals surface area contributed by atoms with Gasteiger partial charge in [0, 0.05) is 18.5 Å². The summed E-state index contributed by atoms with van der Waals surface area (Å²) in [5.41, 5.74) is 0. The third kappa shape index (κ3) is 3.19. The molecule has 0 radical (unpaired) electrons. The Bertz CT molecular complexity index is 938. The van der Waals surface area contributed by atoms with Crippen LogP contribution in [0.4, 0.5) is 10.2 Å². The standard InChI is InChI=1S/C14H12FN5O2S/c1-10-16-6-7-20(10)14-8-13(17-9-18-14)19-23(21,22)12-4-2-11(15)3-5-12/h2-9H,1H3,(H,17,18,19). The first-order valence-electron chi connectivity index (χ1n) is 6.56. The number of imidazole rings is 1. The van der Waals surface area contributed by atoms with Crippen molar-refractivity contribution in [2.75, 3.05) is 4.72 Å². The van der Waals surface area contributed by atoms with Crippen molar-refractivity contribution in [2.24, 2.45) is 0 Å². The second kappa shape index (κ2) is 5.76. The third-order valence-electron chi connectivity index (χ3n) is 3.09. The summed E-state index contributed by atoms with van der Waals surface area (Å²) >= 11 is 0. The van der Waals surface area contributed by atoms with Crippen molar-refractivity contribution in [3.05, 3.63) is 60.7 Å². The van der Waals surface area contributed by atoms with E-state index < -0.39 is 15.8 Å². The largest absolute Gasteiger partial charge is 0.288 e. The predicted molar refractivity (Wildman–Crippen MR) is 81.1 cm³/mol. The van der Waals surface area contributed by atoms with Crippen molar-refractivity contribution >= 4 is 15.8 Å². The van der Waals surface area contributed by atoms with Crippen molar-refractivity contribution in [1.29, 1.82) is 0 Å². The first-order chi connectivity index (χ1) is 11.0. The number of benzene rings is 1. The van der Waals surface area contributed by atoms with Crippen LogP contribution in [-0.4, -0.2) is 27.9 Å². The van der Waals surface area contributed by atoms with Gasteiger partial charge in [-0.05, 0) is 31.2 Å². The average molecular weight is 333 g/mol. The third-order valence-corrected chi connectivity index (χ3v) is 4.46. The van der Waals surface area contributed by atoms with E-state index in [9.17, 15) is 12.8 Å². The molecule has 9 heteroatoms. The summed E-state index contributed by atoms with van der Waals surface area (Å²) in [4.78, 5) is 12.0. The molecule has 2 heterocycles. The molecule has 2 aromatic heterocycles. The molecule has 118 valence electrons. The molecule has 0 saturated heterocycles. The van der Waals surface area contributed by atoms with Gasteiger partial charge in [-0.3, -0.25) is 9.29 Å². The lowest BCUT2D eigenvalue weighted by molar-refractivity contribution is 0.599. The topological polar surface area (TPSA) is 89.8 Å². The van der Waals surface area contributed by atoms with E-state index >= 15 is 0 Å². The van der Waals surface area contributed by atoms with Crippen molar-refractivity contribution in [3.8, 4) is 5.82 Å². The number of hydrogen-bond donors (Lipinski definition) is 1. The number of rotatable bonds is 4. The number of hydrogen-bond acceptors (Lipinski definition) is 5. The molecule has 3 rings (SSSR count). The molecule has 23 heavy (non-hydrogen) atoms. The van der Waals surface area contributed by atoms with Gasteiger partial charge in [0.2, 0.25) is 0 Å². The van der Waals surface area contributed by atoms with Gasteiger partial charge < -0.3 is 0 Å². The van der Waals surface area contributed by atoms with Crippen LogP contribution in [-0.2, 0) is 10.0 Å². The second-order valence-electron chi connectivity index (χ2n) is 4.67. The van der Waals surface area contributed by atoms with Crippen LogP contribution < -0.4 is 4.72 Å². The van der Waals surface area contributed by atoms with Crippen LogP contribution in [0.25, 0.3) is 5.82 Å². The first-order valence-corrected chi connectivity index (χ1v) is 8.05. The van der Waals surface area contributed by atoms with E-state index in [-0.39, 0.29) is 10.7 Å². The smallest absolute Gasteiger partial charge is 0.263 e. The van der Waals surface area contributed by atoms with Gasteiger partial charge in [-0.15, -0.1) is 0 Å². The molecule has 0 aliphatic carbocycles. The molecule has 1 N–H and O–H groups in total. The van der Waals surface area contributed by atoms with Gasteiger partial charge in [0.15, 0.2) is 0 Å². The summed E-state index contributed by atoms with van der Waals surface area (Å²) in [6.45, 7) is 1.80. The van der Waals surface area contributed by atoms with Crippen molar-refractivity contribution in [2.45, 2.75) is 11.8 Å². The molecule has 0 fully saturated rings. The van der Waals surface area contributed by atoms with E-state index in [4.69, 9.17) is 0 Å². The normalized spacial score (nSPS) is 11.4. The number of aryl methyl sites for hydroxylation is 1. The van der Waals surface area contributed by atoms with E-state index in [2.05, 4.69) is 19.7 Å². The summed E-state index contributed by atoms with van der Waals surface area (Å²) in [7, 11) is -3.86. The number of halogens is 1. The molecular formula is C14H12FN5O2S. The van der Waals surface area contributed by atoms with E-state index in [1.54, 1.807) is 23.9 Å². The highest BCUT2D eigenvalue weighted by atomic mass is 32.2. The van der Waals surface area contributed by atoms with E-state index in [1.807, 2.05) is 0 Å². The SMILES string of the molecule is Cc1nccn1-c1cc(NS(=O)(=O)c2ccc(F)cc2)ncn1. The highest BCUT2D eigenvalue weighted by molar-refractivity contribution is 7.92. The van der Waals surface area contributed by atoms with Crippen LogP contribution in [0.2, 0.25) is 0 Å². The Labute approximate surface area is 131 Å². The quantitative estimate of drug-likeness (QED) is 0.788. The Morgan fingerprint density at radius 1 is 1.13 bits per heavy atom. The van der Waals surface area contributed by atoms with Gasteiger partial charge in [-0.2, -0.15) is 0 Å². The number of sulfonamides is 1. The van der Waals surface area contributed by atoms with Crippen LogP contribution in [0.5, 0.6) is 0 Å². The Morgan fingerprint density at radius 2 is 1.87 bits per heavy atom. The molecule has 0 atom stereocenters. The molecule has 1 aromatic carbocycles. The minimum absolute atomic E-state index is 0.0575. The summed E-state index contributed by atoms with van der Waals surface area (Å²) in [5, 5.41) is 0. The van der Waals surface area contributed by atoms with Crippen molar-refractivity contribution in [3.63, 3.8) is 0 Å². The number of nitrogens with zero attached hydrogens (tertiary/aromatic N) is 4. The monoisotopic (exact) mass is 333 g/mol. The molecule has 7 nitrogen and oxygen atoms in total. The molecule has 0 aliphatic rings. The zero-order valence-corrected chi connectivity index (χ0v) is 12.8. The summed E-state index contributed by atoms with van der Waals surface area (Å²) in [5.74, 6) is 0.777. The minimum atomic E-state index is -3.86. The molecule has 3 aromatic rings. The second-order valence-corrected chi connectivity index (χ2v) is 6.35. The van der Waals surface area contributed by atoms with Crippen molar-refractivity contribution < 1.29 is 12.8 Å². The van der Waals surface area contributed by atoms with Crippen LogP contribution in [0.1, 0.15) is 5.82 Å². The van der Waals surface area contributed by atoms with E-state index in [0.29, 0.717) is 11.6 Å². The molecule has 0 saturated carbocycles.